The highest BCUT2D eigenvalue weighted by molar-refractivity contribution is 7.98. The quantitative estimate of drug-likeness (QED) is 0.141. The Morgan fingerprint density at radius 1 is 1.04 bits per heavy atom. The van der Waals surface area contributed by atoms with E-state index in [2.05, 4.69) is 59.8 Å². The van der Waals surface area contributed by atoms with Gasteiger partial charge in [0.1, 0.15) is 6.04 Å². The fourth-order valence-corrected chi connectivity index (χ4v) is 6.27. The van der Waals surface area contributed by atoms with E-state index in [-0.39, 0.29) is 36.7 Å². The van der Waals surface area contributed by atoms with Crippen molar-refractivity contribution < 1.29 is 19.1 Å². The number of hydrogen-bond acceptors (Lipinski definition) is 8. The average molecular weight is 683 g/mol. The van der Waals surface area contributed by atoms with Gasteiger partial charge in [0.25, 0.3) is 0 Å². The maximum atomic E-state index is 13.6. The molecule has 3 aromatic carbocycles. The van der Waals surface area contributed by atoms with Crippen LogP contribution in [0, 0.1) is 17.2 Å². The lowest BCUT2D eigenvalue weighted by atomic mass is 9.97. The minimum absolute atomic E-state index is 0.0378. The molecule has 0 saturated carbocycles. The number of hydrogen-bond donors (Lipinski definition) is 2. The summed E-state index contributed by atoms with van der Waals surface area (Å²) in [4.78, 5) is 45.9. The number of imidazole rings is 1. The summed E-state index contributed by atoms with van der Waals surface area (Å²) in [6.45, 7) is 5.66. The summed E-state index contributed by atoms with van der Waals surface area (Å²) in [5, 5.41) is 17.5. The maximum absolute atomic E-state index is 13.6. The molecule has 0 aliphatic rings. The molecule has 4 aromatic rings. The van der Waals surface area contributed by atoms with E-state index in [0.717, 1.165) is 34.0 Å². The predicted molar refractivity (Wildman–Crippen MR) is 194 cm³/mol. The van der Waals surface area contributed by atoms with Crippen LogP contribution in [-0.2, 0) is 38.6 Å². The van der Waals surface area contributed by atoms with Crippen LogP contribution in [0.4, 0.5) is 0 Å². The standard InChI is InChI=1S/C38H46N6O4S/c1-5-27(2)35(42-36(45)19-32-21-40-26-44(32)22-29-15-13-28(20-39)14-16-29)24-43(23-31-11-8-10-30-9-6-7-12-33(30)31)25-37(46)41-34(17-18-49-4)38(47)48-3/h6-16,21,26-27,34-35H,5,17-19,22-25H2,1-4H3,(H,41,46)(H,42,45)/t27-,34-,35+/m0/s1. The molecule has 0 spiro atoms. The second-order valence-electron chi connectivity index (χ2n) is 12.3. The Hall–Kier alpha value is -4.66. The molecule has 0 saturated heterocycles. The molecule has 0 aliphatic carbocycles. The topological polar surface area (TPSA) is 129 Å². The summed E-state index contributed by atoms with van der Waals surface area (Å²) < 4.78 is 6.90. The monoisotopic (exact) mass is 682 g/mol. The zero-order chi connectivity index (χ0) is 35.2. The predicted octanol–water partition coefficient (Wildman–Crippen LogP) is 4.94. The first-order chi connectivity index (χ1) is 23.7. The summed E-state index contributed by atoms with van der Waals surface area (Å²) in [6.07, 6.45) is 6.80. The van der Waals surface area contributed by atoms with Gasteiger partial charge in [-0.2, -0.15) is 17.0 Å². The van der Waals surface area contributed by atoms with Gasteiger partial charge in [-0.05, 0) is 58.4 Å². The molecule has 2 amide bonds. The van der Waals surface area contributed by atoms with Crippen LogP contribution in [0.25, 0.3) is 10.8 Å². The number of nitrogens with one attached hydrogen (secondary N) is 2. The van der Waals surface area contributed by atoms with E-state index < -0.39 is 12.0 Å². The molecule has 1 heterocycles. The van der Waals surface area contributed by atoms with Gasteiger partial charge < -0.3 is 19.9 Å². The Kier molecular flexibility index (Phi) is 14.2. The van der Waals surface area contributed by atoms with Crippen molar-refractivity contribution in [1.82, 2.24) is 25.1 Å². The van der Waals surface area contributed by atoms with E-state index in [1.807, 2.05) is 46.1 Å². The highest BCUT2D eigenvalue weighted by Gasteiger charge is 2.26. The third-order valence-corrected chi connectivity index (χ3v) is 9.42. The number of esters is 1. The number of fused-ring (bicyclic) bond motifs is 1. The van der Waals surface area contributed by atoms with E-state index in [1.165, 1.54) is 7.11 Å². The van der Waals surface area contributed by atoms with Crippen LogP contribution < -0.4 is 10.6 Å². The number of amides is 2. The number of carbonyl (C=O) groups is 3. The van der Waals surface area contributed by atoms with E-state index >= 15 is 0 Å². The van der Waals surface area contributed by atoms with Gasteiger partial charge in [-0.25, -0.2) is 9.78 Å². The zero-order valence-electron chi connectivity index (χ0n) is 28.7. The van der Waals surface area contributed by atoms with Crippen LogP contribution in [0.5, 0.6) is 0 Å². The van der Waals surface area contributed by atoms with E-state index in [4.69, 9.17) is 10.00 Å². The number of rotatable bonds is 18. The van der Waals surface area contributed by atoms with Crippen LogP contribution in [0.2, 0.25) is 0 Å². The number of nitriles is 1. The number of carbonyl (C=O) groups excluding carboxylic acids is 3. The summed E-state index contributed by atoms with van der Waals surface area (Å²) >= 11 is 1.60. The van der Waals surface area contributed by atoms with Gasteiger partial charge in [0, 0.05) is 37.6 Å². The molecule has 258 valence electrons. The maximum Gasteiger partial charge on any atom is 0.328 e. The second-order valence-corrected chi connectivity index (χ2v) is 13.3. The highest BCUT2D eigenvalue weighted by Crippen LogP contribution is 2.21. The largest absolute Gasteiger partial charge is 0.467 e. The fourth-order valence-electron chi connectivity index (χ4n) is 5.80. The molecule has 49 heavy (non-hydrogen) atoms. The molecule has 0 aliphatic heterocycles. The van der Waals surface area contributed by atoms with Gasteiger partial charge in [-0.15, -0.1) is 0 Å². The molecular weight excluding hydrogens is 637 g/mol. The number of nitrogens with zero attached hydrogens (tertiary/aromatic N) is 4. The van der Waals surface area contributed by atoms with Gasteiger partial charge in [0.2, 0.25) is 11.8 Å². The van der Waals surface area contributed by atoms with Gasteiger partial charge in [0.15, 0.2) is 0 Å². The Morgan fingerprint density at radius 3 is 2.51 bits per heavy atom. The highest BCUT2D eigenvalue weighted by atomic mass is 32.2. The van der Waals surface area contributed by atoms with Crippen LogP contribution in [-0.4, -0.2) is 76.5 Å². The number of thioether (sulfide) groups is 1. The summed E-state index contributed by atoms with van der Waals surface area (Å²) in [5.74, 6) is -0.0584. The van der Waals surface area contributed by atoms with Crippen molar-refractivity contribution in [3.8, 4) is 6.07 Å². The summed E-state index contributed by atoms with van der Waals surface area (Å²) in [6, 6.07) is 22.8. The molecule has 0 radical (unpaired) electrons. The Bertz CT molecular complexity index is 1730. The molecule has 11 heteroatoms. The molecular formula is C38H46N6O4S. The Morgan fingerprint density at radius 2 is 1.80 bits per heavy atom. The molecule has 2 N–H and O–H groups in total. The minimum Gasteiger partial charge on any atom is -0.467 e. The molecule has 0 fully saturated rings. The number of aromatic nitrogens is 2. The first kappa shape index (κ1) is 37.2. The lowest BCUT2D eigenvalue weighted by molar-refractivity contribution is -0.145. The van der Waals surface area contributed by atoms with Crippen LogP contribution in [0.3, 0.4) is 0 Å². The fraction of sp³-hybridized carbons (Fsp3) is 0.395. The van der Waals surface area contributed by atoms with E-state index in [1.54, 1.807) is 36.4 Å². The SMILES string of the molecule is CC[C@H](C)[C@@H](CN(CC(=O)N[C@@H](CCSC)C(=O)OC)Cc1cccc2ccccc12)NC(=O)Cc1cncn1Cc1ccc(C#N)cc1. The summed E-state index contributed by atoms with van der Waals surface area (Å²) in [7, 11) is 1.33. The van der Waals surface area contributed by atoms with Gasteiger partial charge in [-0.1, -0.05) is 74.9 Å². The summed E-state index contributed by atoms with van der Waals surface area (Å²) in [5.41, 5.74) is 3.44. The second kappa shape index (κ2) is 18.8. The molecule has 0 bridgehead atoms. The molecule has 3 atom stereocenters. The third kappa shape index (κ3) is 10.9. The van der Waals surface area contributed by atoms with Crippen molar-refractivity contribution in [3.63, 3.8) is 0 Å². The first-order valence-corrected chi connectivity index (χ1v) is 18.0. The van der Waals surface area contributed by atoms with Gasteiger partial charge in [-0.3, -0.25) is 14.5 Å². The lowest BCUT2D eigenvalue weighted by Crippen LogP contribution is -2.51. The van der Waals surface area contributed by atoms with Crippen molar-refractivity contribution in [1.29, 1.82) is 5.26 Å². The van der Waals surface area contributed by atoms with Crippen LogP contribution in [0.1, 0.15) is 49.1 Å². The van der Waals surface area contributed by atoms with Gasteiger partial charge in [0.05, 0.1) is 38.0 Å². The number of methoxy groups -OCH3 is 1. The van der Waals surface area contributed by atoms with Gasteiger partial charge >= 0.3 is 5.97 Å². The molecule has 4 rings (SSSR count). The minimum atomic E-state index is -0.733. The normalized spacial score (nSPS) is 13.0. The molecule has 0 unspecified atom stereocenters. The third-order valence-electron chi connectivity index (χ3n) is 8.78. The lowest BCUT2D eigenvalue weighted by Gasteiger charge is -2.32. The van der Waals surface area contributed by atoms with Crippen molar-refractivity contribution >= 4 is 40.3 Å². The van der Waals surface area contributed by atoms with Crippen LogP contribution in [0.15, 0.2) is 79.3 Å². The van der Waals surface area contributed by atoms with E-state index in [9.17, 15) is 14.4 Å². The smallest absolute Gasteiger partial charge is 0.328 e. The first-order valence-electron chi connectivity index (χ1n) is 16.6. The Balaban J connectivity index is 1.52. The number of benzene rings is 3. The Labute approximate surface area is 293 Å². The van der Waals surface area contributed by atoms with Crippen molar-refractivity contribution in [2.45, 2.75) is 58.3 Å². The van der Waals surface area contributed by atoms with Crippen LogP contribution >= 0.6 is 11.8 Å². The zero-order valence-corrected chi connectivity index (χ0v) is 29.5. The molecule has 10 nitrogen and oxygen atoms in total. The van der Waals surface area contributed by atoms with Crippen molar-refractivity contribution in [3.05, 3.63) is 102 Å². The number of ether oxygens (including phenoxy) is 1. The van der Waals surface area contributed by atoms with Crippen molar-refractivity contribution in [2.75, 3.05) is 32.2 Å². The average Bonchev–Trinajstić information content (AvgIpc) is 3.54. The van der Waals surface area contributed by atoms with E-state index in [0.29, 0.717) is 37.4 Å². The molecule has 1 aromatic heterocycles. The van der Waals surface area contributed by atoms with Crippen molar-refractivity contribution in [2.24, 2.45) is 5.92 Å².